The van der Waals surface area contributed by atoms with Crippen LogP contribution < -0.4 is 4.72 Å². The first-order chi connectivity index (χ1) is 10.7. The Morgan fingerprint density at radius 1 is 1.18 bits per heavy atom. The number of hydrogen-bond donors (Lipinski definition) is 2. The third-order valence-corrected chi connectivity index (χ3v) is 4.95. The number of hydrogen-bond acceptors (Lipinski definition) is 3. The summed E-state index contributed by atoms with van der Waals surface area (Å²) in [4.78, 5) is 4.37. The van der Waals surface area contributed by atoms with Crippen LogP contribution in [-0.4, -0.2) is 9.54 Å². The first-order valence-corrected chi connectivity index (χ1v) is 8.75. The molecule has 0 aliphatic rings. The summed E-state index contributed by atoms with van der Waals surface area (Å²) in [6, 6.07) is 12.8. The van der Waals surface area contributed by atoms with Crippen LogP contribution in [0.15, 0.2) is 58.5 Å². The molecule has 22 heavy (non-hydrogen) atoms. The molecule has 1 unspecified atom stereocenters. The molecule has 0 amide bonds. The van der Waals surface area contributed by atoms with E-state index in [2.05, 4.69) is 34.8 Å². The van der Waals surface area contributed by atoms with Crippen molar-refractivity contribution >= 4 is 40.1 Å². The highest BCUT2D eigenvalue weighted by atomic mass is 32.3. The molecular formula is C16H15FN2OS2. The van der Waals surface area contributed by atoms with Crippen LogP contribution in [0.2, 0.25) is 0 Å². The zero-order valence-electron chi connectivity index (χ0n) is 11.9. The van der Waals surface area contributed by atoms with Gasteiger partial charge in [-0.25, -0.2) is 0 Å². The molecule has 0 bridgehead atoms. The van der Waals surface area contributed by atoms with Crippen LogP contribution in [0.3, 0.4) is 0 Å². The van der Waals surface area contributed by atoms with Gasteiger partial charge in [0.2, 0.25) is 11.6 Å². The Labute approximate surface area is 135 Å². The van der Waals surface area contributed by atoms with Gasteiger partial charge < -0.3 is 14.3 Å². The Morgan fingerprint density at radius 2 is 1.95 bits per heavy atom. The number of benzene rings is 2. The molecule has 1 atom stereocenters. The molecule has 0 aliphatic heterocycles. The Bertz CT molecular complexity index is 771. The SMILES string of the molecule is CCc1ccc(NSc2ccc([S+]([O-])F)cc2)c2[nH]ccc12. The molecule has 6 heteroatoms. The molecule has 1 aromatic heterocycles. The van der Waals surface area contributed by atoms with Crippen LogP contribution in [0, 0.1) is 0 Å². The van der Waals surface area contributed by atoms with Gasteiger partial charge in [0.1, 0.15) is 0 Å². The van der Waals surface area contributed by atoms with Gasteiger partial charge in [0.15, 0.2) is 4.90 Å². The zero-order valence-corrected chi connectivity index (χ0v) is 13.6. The van der Waals surface area contributed by atoms with E-state index in [-0.39, 0.29) is 4.90 Å². The second-order valence-electron chi connectivity index (χ2n) is 4.79. The lowest BCUT2D eigenvalue weighted by atomic mass is 10.1. The molecule has 0 aliphatic carbocycles. The highest BCUT2D eigenvalue weighted by Crippen LogP contribution is 2.30. The monoisotopic (exact) mass is 334 g/mol. The minimum absolute atomic E-state index is 0.184. The summed E-state index contributed by atoms with van der Waals surface area (Å²) in [7, 11) is 0. The molecule has 3 nitrogen and oxygen atoms in total. The topological polar surface area (TPSA) is 50.9 Å². The summed E-state index contributed by atoms with van der Waals surface area (Å²) in [5.74, 6) is 0. The third kappa shape index (κ3) is 3.09. The molecule has 0 fully saturated rings. The van der Waals surface area contributed by atoms with Gasteiger partial charge in [-0.15, -0.1) is 0 Å². The fourth-order valence-corrected chi connectivity index (χ4v) is 3.36. The minimum atomic E-state index is -2.43. The van der Waals surface area contributed by atoms with Gasteiger partial charge in [0.25, 0.3) is 0 Å². The lowest BCUT2D eigenvalue weighted by Crippen LogP contribution is -1.93. The van der Waals surface area contributed by atoms with Crippen molar-refractivity contribution in [2.24, 2.45) is 0 Å². The molecule has 0 saturated carbocycles. The van der Waals surface area contributed by atoms with E-state index in [0.717, 1.165) is 22.5 Å². The summed E-state index contributed by atoms with van der Waals surface area (Å²) >= 11 is -0.995. The van der Waals surface area contributed by atoms with Crippen molar-refractivity contribution in [2.75, 3.05) is 4.72 Å². The minimum Gasteiger partial charge on any atom is -0.575 e. The van der Waals surface area contributed by atoms with E-state index in [0.29, 0.717) is 0 Å². The summed E-state index contributed by atoms with van der Waals surface area (Å²) in [5, 5.41) is 1.22. The summed E-state index contributed by atoms with van der Waals surface area (Å²) in [5.41, 5.74) is 3.38. The van der Waals surface area contributed by atoms with Crippen LogP contribution in [0.4, 0.5) is 9.57 Å². The molecule has 3 rings (SSSR count). The van der Waals surface area contributed by atoms with Gasteiger partial charge >= 0.3 is 0 Å². The lowest BCUT2D eigenvalue weighted by molar-refractivity contribution is 0.551. The fraction of sp³-hybridized carbons (Fsp3) is 0.125. The van der Waals surface area contributed by atoms with Gasteiger partial charge in [0.05, 0.1) is 11.2 Å². The first-order valence-electron chi connectivity index (χ1n) is 6.89. The zero-order chi connectivity index (χ0) is 15.5. The van der Waals surface area contributed by atoms with Crippen molar-refractivity contribution in [3.63, 3.8) is 0 Å². The van der Waals surface area contributed by atoms with Gasteiger partial charge in [-0.3, -0.25) is 0 Å². The Kier molecular flexibility index (Phi) is 4.61. The van der Waals surface area contributed by atoms with Crippen LogP contribution in [0.1, 0.15) is 12.5 Å². The largest absolute Gasteiger partial charge is 0.575 e. The quantitative estimate of drug-likeness (QED) is 0.518. The Balaban J connectivity index is 1.78. The Hall–Kier alpha value is -1.63. The van der Waals surface area contributed by atoms with Crippen molar-refractivity contribution in [1.82, 2.24) is 4.98 Å². The number of halogens is 1. The van der Waals surface area contributed by atoms with E-state index in [1.807, 2.05) is 6.20 Å². The summed E-state index contributed by atoms with van der Waals surface area (Å²) in [6.07, 6.45) is 2.93. The smallest absolute Gasteiger partial charge is 0.217 e. The molecule has 114 valence electrons. The predicted octanol–water partition coefficient (Wildman–Crippen LogP) is 4.84. The van der Waals surface area contributed by atoms with E-state index >= 15 is 0 Å². The Morgan fingerprint density at radius 3 is 2.64 bits per heavy atom. The molecule has 3 aromatic rings. The van der Waals surface area contributed by atoms with E-state index in [1.54, 1.807) is 12.1 Å². The summed E-state index contributed by atoms with van der Waals surface area (Å²) in [6.45, 7) is 2.14. The maximum atomic E-state index is 12.7. The number of rotatable bonds is 5. The van der Waals surface area contributed by atoms with Crippen LogP contribution in [0.25, 0.3) is 10.9 Å². The molecule has 1 heterocycles. The summed E-state index contributed by atoms with van der Waals surface area (Å²) < 4.78 is 26.7. The van der Waals surface area contributed by atoms with Crippen molar-refractivity contribution in [3.8, 4) is 0 Å². The lowest BCUT2D eigenvalue weighted by Gasteiger charge is -2.09. The molecule has 0 radical (unpaired) electrons. The molecule has 2 N–H and O–H groups in total. The molecule has 2 aromatic carbocycles. The third-order valence-electron chi connectivity index (χ3n) is 3.48. The molecule has 0 saturated heterocycles. The average Bonchev–Trinajstić information content (AvgIpc) is 3.03. The van der Waals surface area contributed by atoms with Crippen LogP contribution in [0.5, 0.6) is 0 Å². The van der Waals surface area contributed by atoms with Crippen LogP contribution in [-0.2, 0) is 18.0 Å². The number of aromatic amines is 1. The number of fused-ring (bicyclic) bond motifs is 1. The standard InChI is InChI=1S/C16H15FN2OS2/c1-2-11-3-8-15(16-14(11)9-10-18-16)19-21-12-4-6-13(7-5-12)22(17)20/h3-10,18-19H,2H2,1H3. The van der Waals surface area contributed by atoms with E-state index < -0.39 is 11.6 Å². The van der Waals surface area contributed by atoms with Gasteiger partial charge in [0, 0.05) is 20.4 Å². The molecule has 0 spiro atoms. The fourth-order valence-electron chi connectivity index (χ4n) is 2.34. The van der Waals surface area contributed by atoms with E-state index in [1.165, 1.54) is 35.0 Å². The van der Waals surface area contributed by atoms with E-state index in [9.17, 15) is 8.44 Å². The number of H-pyrrole nitrogens is 1. The highest BCUT2D eigenvalue weighted by molar-refractivity contribution is 8.00. The normalized spacial score (nSPS) is 12.5. The van der Waals surface area contributed by atoms with Crippen molar-refractivity contribution in [1.29, 1.82) is 0 Å². The van der Waals surface area contributed by atoms with Gasteiger partial charge in [-0.2, -0.15) is 0 Å². The van der Waals surface area contributed by atoms with Gasteiger partial charge in [-0.05, 0) is 60.3 Å². The second-order valence-corrected chi connectivity index (χ2v) is 6.59. The maximum absolute atomic E-state index is 12.7. The van der Waals surface area contributed by atoms with E-state index in [4.69, 9.17) is 0 Å². The highest BCUT2D eigenvalue weighted by Gasteiger charge is 2.10. The van der Waals surface area contributed by atoms with Crippen molar-refractivity contribution in [3.05, 3.63) is 54.2 Å². The molecular weight excluding hydrogens is 319 g/mol. The second kappa shape index (κ2) is 6.64. The predicted molar refractivity (Wildman–Crippen MR) is 91.1 cm³/mol. The maximum Gasteiger partial charge on any atom is 0.217 e. The first kappa shape index (κ1) is 15.3. The van der Waals surface area contributed by atoms with Crippen molar-refractivity contribution in [2.45, 2.75) is 23.1 Å². The van der Waals surface area contributed by atoms with Gasteiger partial charge in [-0.1, -0.05) is 13.0 Å². The number of anilines is 1. The number of aryl methyl sites for hydroxylation is 1. The van der Waals surface area contributed by atoms with Crippen LogP contribution >= 0.6 is 11.9 Å². The number of aromatic nitrogens is 1. The average molecular weight is 334 g/mol. The van der Waals surface area contributed by atoms with Crippen molar-refractivity contribution < 1.29 is 8.44 Å². The number of nitrogens with one attached hydrogen (secondary N) is 2.